The van der Waals surface area contributed by atoms with Gasteiger partial charge in [0, 0.05) is 13.1 Å². The van der Waals surface area contributed by atoms with Crippen molar-refractivity contribution in [2.45, 2.75) is 24.6 Å². The first kappa shape index (κ1) is 18.9. The summed E-state index contributed by atoms with van der Waals surface area (Å²) in [6, 6.07) is 0.793. The molecule has 0 spiro atoms. The van der Waals surface area contributed by atoms with Crippen molar-refractivity contribution in [3.05, 3.63) is 22.4 Å². The predicted octanol–water partition coefficient (Wildman–Crippen LogP) is 1.15. The molecule has 11 heteroatoms. The molecule has 0 bridgehead atoms. The van der Waals surface area contributed by atoms with Crippen LogP contribution in [0.5, 0.6) is 0 Å². The van der Waals surface area contributed by atoms with Gasteiger partial charge in [-0.1, -0.05) is 11.8 Å². The lowest BCUT2D eigenvalue weighted by Crippen LogP contribution is -2.37. The fourth-order valence-electron chi connectivity index (χ4n) is 2.80. The highest BCUT2D eigenvalue weighted by atomic mass is 32.2. The molecule has 0 radical (unpaired) electrons. The summed E-state index contributed by atoms with van der Waals surface area (Å²) in [6.45, 7) is 1.59. The van der Waals surface area contributed by atoms with E-state index >= 15 is 0 Å². The van der Waals surface area contributed by atoms with Crippen LogP contribution in [0, 0.1) is 5.92 Å². The Bertz CT molecular complexity index is 720. The summed E-state index contributed by atoms with van der Waals surface area (Å²) >= 11 is 0.813. The molecule has 1 amide bonds. The highest BCUT2D eigenvalue weighted by Gasteiger charge is 2.35. The van der Waals surface area contributed by atoms with Crippen molar-refractivity contribution in [3.63, 3.8) is 0 Å². The van der Waals surface area contributed by atoms with Gasteiger partial charge in [0.25, 0.3) is 5.91 Å². The molecule has 2 aliphatic rings. The standard InChI is InChI=1S/C15H18F3N5O2S/c16-15(17,18)11-6-9(5-10-12(24)22-14(25)26-10)20-13(21-11)23-3-1-8(7-19)2-4-23/h5-6,8,14,25H,1-4,7,19H2,(H,22,24)/b10-5-. The Morgan fingerprint density at radius 1 is 1.38 bits per heavy atom. The van der Waals surface area contributed by atoms with Gasteiger partial charge >= 0.3 is 6.18 Å². The zero-order valence-electron chi connectivity index (χ0n) is 13.7. The first-order valence-corrected chi connectivity index (χ1v) is 8.93. The molecule has 142 valence electrons. The lowest BCUT2D eigenvalue weighted by Gasteiger charge is -2.31. The summed E-state index contributed by atoms with van der Waals surface area (Å²) in [6.07, 6.45) is -1.89. The number of hydrogen-bond acceptors (Lipinski definition) is 7. The van der Waals surface area contributed by atoms with Gasteiger partial charge in [-0.05, 0) is 37.4 Å². The van der Waals surface area contributed by atoms with Crippen LogP contribution in [0.1, 0.15) is 24.2 Å². The quantitative estimate of drug-likeness (QED) is 0.666. The van der Waals surface area contributed by atoms with E-state index in [1.54, 1.807) is 4.90 Å². The van der Waals surface area contributed by atoms with Crippen LogP contribution >= 0.6 is 11.8 Å². The zero-order valence-corrected chi connectivity index (χ0v) is 14.5. The van der Waals surface area contributed by atoms with Crippen molar-refractivity contribution in [1.29, 1.82) is 0 Å². The maximum absolute atomic E-state index is 13.2. The monoisotopic (exact) mass is 389 g/mol. The average molecular weight is 389 g/mol. The normalized spacial score (nSPS) is 23.6. The number of halogens is 3. The number of rotatable bonds is 3. The number of thioether (sulfide) groups is 1. The molecule has 2 aliphatic heterocycles. The Balaban J connectivity index is 1.92. The Labute approximate surface area is 151 Å². The topological polar surface area (TPSA) is 104 Å². The second-order valence-corrected chi connectivity index (χ2v) is 7.22. The van der Waals surface area contributed by atoms with Crippen LogP contribution in [0.15, 0.2) is 11.0 Å². The molecule has 1 aromatic rings. The number of nitrogens with zero attached hydrogens (tertiary/aromatic N) is 3. The van der Waals surface area contributed by atoms with Crippen molar-refractivity contribution >= 4 is 29.7 Å². The second-order valence-electron chi connectivity index (χ2n) is 6.09. The third-order valence-corrected chi connectivity index (χ3v) is 5.15. The first-order valence-electron chi connectivity index (χ1n) is 8.05. The van der Waals surface area contributed by atoms with Crippen molar-refractivity contribution in [2.24, 2.45) is 11.7 Å². The van der Waals surface area contributed by atoms with E-state index in [2.05, 4.69) is 15.3 Å². The van der Waals surface area contributed by atoms with E-state index in [-0.39, 0.29) is 16.5 Å². The molecule has 0 saturated carbocycles. The van der Waals surface area contributed by atoms with Crippen molar-refractivity contribution in [3.8, 4) is 0 Å². The predicted molar refractivity (Wildman–Crippen MR) is 90.7 cm³/mol. The average Bonchev–Trinajstić information content (AvgIpc) is 2.91. The van der Waals surface area contributed by atoms with Gasteiger partial charge in [-0.25, -0.2) is 9.97 Å². The molecule has 26 heavy (non-hydrogen) atoms. The summed E-state index contributed by atoms with van der Waals surface area (Å²) in [5.41, 5.74) is 3.42. The van der Waals surface area contributed by atoms with Crippen molar-refractivity contribution < 1.29 is 23.1 Å². The van der Waals surface area contributed by atoms with E-state index in [9.17, 15) is 23.1 Å². The lowest BCUT2D eigenvalue weighted by molar-refractivity contribution is -0.141. The molecule has 0 aliphatic carbocycles. The summed E-state index contributed by atoms with van der Waals surface area (Å²) in [7, 11) is 0. The molecule has 3 heterocycles. The number of carbonyl (C=O) groups is 1. The Morgan fingerprint density at radius 3 is 2.62 bits per heavy atom. The van der Waals surface area contributed by atoms with Gasteiger partial charge in [-0.2, -0.15) is 13.2 Å². The van der Waals surface area contributed by atoms with E-state index in [0.717, 1.165) is 30.7 Å². The maximum atomic E-state index is 13.2. The van der Waals surface area contributed by atoms with Gasteiger partial charge in [0.2, 0.25) is 5.95 Å². The van der Waals surface area contributed by atoms with Crippen LogP contribution in [-0.2, 0) is 11.0 Å². The van der Waals surface area contributed by atoms with E-state index in [1.807, 2.05) is 0 Å². The molecule has 1 aromatic heterocycles. The van der Waals surface area contributed by atoms with Crippen LogP contribution < -0.4 is 16.0 Å². The molecule has 1 unspecified atom stereocenters. The van der Waals surface area contributed by atoms with Gasteiger partial charge in [-0.3, -0.25) is 4.79 Å². The van der Waals surface area contributed by atoms with Crippen molar-refractivity contribution in [1.82, 2.24) is 15.3 Å². The third-order valence-electron chi connectivity index (χ3n) is 4.25. The Hall–Kier alpha value is -1.85. The number of aromatic nitrogens is 2. The summed E-state index contributed by atoms with van der Waals surface area (Å²) in [5.74, 6) is -0.232. The minimum absolute atomic E-state index is 0.0221. The SMILES string of the molecule is NCC1CCN(c2nc(/C=C3\SC(O)NC3=O)cc(C(F)(F)F)n2)CC1. The molecule has 3 rings (SSSR count). The Kier molecular flexibility index (Phi) is 5.39. The molecule has 4 N–H and O–H groups in total. The Morgan fingerprint density at radius 2 is 2.08 bits per heavy atom. The van der Waals surface area contributed by atoms with Gasteiger partial charge in [0.05, 0.1) is 10.6 Å². The lowest BCUT2D eigenvalue weighted by atomic mass is 9.97. The molecule has 0 aromatic carbocycles. The summed E-state index contributed by atoms with van der Waals surface area (Å²) in [5, 5.41) is 11.6. The number of alkyl halides is 3. The van der Waals surface area contributed by atoms with E-state index in [0.29, 0.717) is 25.6 Å². The fraction of sp³-hybridized carbons (Fsp3) is 0.533. The van der Waals surface area contributed by atoms with Crippen molar-refractivity contribution in [2.75, 3.05) is 24.5 Å². The smallest absolute Gasteiger partial charge is 0.364 e. The highest BCUT2D eigenvalue weighted by molar-refractivity contribution is 8.05. The summed E-state index contributed by atoms with van der Waals surface area (Å²) in [4.78, 5) is 21.3. The number of nitrogens with two attached hydrogens (primary N) is 1. The van der Waals surface area contributed by atoms with Gasteiger partial charge in [0.15, 0.2) is 11.3 Å². The largest absolute Gasteiger partial charge is 0.433 e. The van der Waals surface area contributed by atoms with Crippen LogP contribution in [0.2, 0.25) is 0 Å². The van der Waals surface area contributed by atoms with Crippen LogP contribution in [0.4, 0.5) is 19.1 Å². The number of aliphatic hydroxyl groups is 1. The molecule has 2 fully saturated rings. The number of aliphatic hydroxyl groups excluding tert-OH is 1. The molecule has 1 atom stereocenters. The maximum Gasteiger partial charge on any atom is 0.433 e. The van der Waals surface area contributed by atoms with Gasteiger partial charge < -0.3 is 21.1 Å². The number of anilines is 1. The molecule has 2 saturated heterocycles. The number of hydrogen-bond donors (Lipinski definition) is 3. The summed E-state index contributed by atoms with van der Waals surface area (Å²) < 4.78 is 39.6. The number of amides is 1. The van der Waals surface area contributed by atoms with E-state index in [4.69, 9.17) is 5.73 Å². The zero-order chi connectivity index (χ0) is 18.9. The van der Waals surface area contributed by atoms with Crippen LogP contribution in [-0.4, -0.2) is 46.2 Å². The fourth-order valence-corrected chi connectivity index (χ4v) is 3.56. The second kappa shape index (κ2) is 7.41. The van der Waals surface area contributed by atoms with Crippen LogP contribution in [0.25, 0.3) is 6.08 Å². The first-order chi connectivity index (χ1) is 12.3. The van der Waals surface area contributed by atoms with E-state index in [1.165, 1.54) is 6.08 Å². The molecular formula is C15H18F3N5O2S. The number of piperidine rings is 1. The minimum Gasteiger partial charge on any atom is -0.364 e. The number of nitrogens with one attached hydrogen (secondary N) is 1. The van der Waals surface area contributed by atoms with E-state index < -0.39 is 23.3 Å². The van der Waals surface area contributed by atoms with Gasteiger partial charge in [-0.15, -0.1) is 0 Å². The third kappa shape index (κ3) is 4.27. The minimum atomic E-state index is -4.63. The number of carbonyl (C=O) groups excluding carboxylic acids is 1. The molecular weight excluding hydrogens is 371 g/mol. The van der Waals surface area contributed by atoms with Gasteiger partial charge in [0.1, 0.15) is 0 Å². The highest BCUT2D eigenvalue weighted by Crippen LogP contribution is 2.32. The molecule has 7 nitrogen and oxygen atoms in total. The van der Waals surface area contributed by atoms with Crippen LogP contribution in [0.3, 0.4) is 0 Å².